The van der Waals surface area contributed by atoms with Crippen LogP contribution in [0.4, 0.5) is 10.1 Å². The van der Waals surface area contributed by atoms with Gasteiger partial charge in [0.15, 0.2) is 0 Å². The number of halogens is 2. The predicted molar refractivity (Wildman–Crippen MR) is 64.4 cm³/mol. The number of alkyl halides is 1. The Hall–Kier alpha value is -1.62. The Balaban J connectivity index is 3.06. The first-order valence-corrected chi connectivity index (χ1v) is 5.47. The van der Waals surface area contributed by atoms with E-state index in [-0.39, 0.29) is 29.6 Å². The van der Waals surface area contributed by atoms with Gasteiger partial charge in [0.25, 0.3) is 0 Å². The van der Waals surface area contributed by atoms with E-state index in [2.05, 4.69) is 4.99 Å². The quantitative estimate of drug-likeness (QED) is 0.390. The summed E-state index contributed by atoms with van der Waals surface area (Å²) >= 11 is 5.45. The summed E-state index contributed by atoms with van der Waals surface area (Å²) in [6.45, 7) is 1.89. The maximum Gasteiger partial charge on any atom is 0.338 e. The zero-order valence-corrected chi connectivity index (χ0v) is 10.00. The van der Waals surface area contributed by atoms with Crippen LogP contribution in [0.2, 0.25) is 0 Å². The topological polar surface area (TPSA) is 64.7 Å². The number of nitrogens with two attached hydrogens (primary N) is 1. The van der Waals surface area contributed by atoms with Crippen LogP contribution in [-0.4, -0.2) is 24.3 Å². The molecule has 17 heavy (non-hydrogen) atoms. The number of carbonyl (C=O) groups is 1. The molecule has 0 aromatic heterocycles. The van der Waals surface area contributed by atoms with Crippen LogP contribution in [0.5, 0.6) is 0 Å². The monoisotopic (exact) mass is 258 g/mol. The molecule has 0 saturated heterocycles. The normalized spacial score (nSPS) is 11.4. The summed E-state index contributed by atoms with van der Waals surface area (Å²) in [5.74, 6) is -1.01. The molecule has 0 spiro atoms. The summed E-state index contributed by atoms with van der Waals surface area (Å²) in [6, 6.07) is 3.62. The van der Waals surface area contributed by atoms with Crippen molar-refractivity contribution in [3.8, 4) is 0 Å². The van der Waals surface area contributed by atoms with Crippen LogP contribution < -0.4 is 5.73 Å². The minimum atomic E-state index is -0.604. The number of amidine groups is 1. The third kappa shape index (κ3) is 4.03. The molecule has 0 aliphatic heterocycles. The predicted octanol–water partition coefficient (Wildman–Crippen LogP) is 2.23. The van der Waals surface area contributed by atoms with Crippen molar-refractivity contribution in [3.63, 3.8) is 0 Å². The van der Waals surface area contributed by atoms with Crippen molar-refractivity contribution in [2.75, 3.05) is 12.5 Å². The van der Waals surface area contributed by atoms with Crippen molar-refractivity contribution in [3.05, 3.63) is 29.6 Å². The van der Waals surface area contributed by atoms with Gasteiger partial charge in [0, 0.05) is 0 Å². The van der Waals surface area contributed by atoms with Gasteiger partial charge in [0.1, 0.15) is 11.7 Å². The second-order valence-corrected chi connectivity index (χ2v) is 3.42. The number of esters is 1. The standard InChI is InChI=1S/C11H12ClFN2O2/c1-2-17-11(16)7-3-8(13)5-9(4-7)15-10(14)6-12/h3-5H,2,6H2,1H3,(H2,14,15). The fourth-order valence-corrected chi connectivity index (χ4v) is 1.23. The lowest BCUT2D eigenvalue weighted by atomic mass is 10.2. The Morgan fingerprint density at radius 2 is 2.24 bits per heavy atom. The highest BCUT2D eigenvalue weighted by atomic mass is 35.5. The summed E-state index contributed by atoms with van der Waals surface area (Å²) in [5, 5.41) is 0. The highest BCUT2D eigenvalue weighted by Gasteiger charge is 2.09. The van der Waals surface area contributed by atoms with Crippen LogP contribution in [0.3, 0.4) is 0 Å². The Bertz CT molecular complexity index is 449. The maximum atomic E-state index is 13.2. The van der Waals surface area contributed by atoms with Crippen molar-refractivity contribution in [2.24, 2.45) is 10.7 Å². The van der Waals surface area contributed by atoms with E-state index < -0.39 is 11.8 Å². The lowest BCUT2D eigenvalue weighted by Crippen LogP contribution is -2.12. The summed E-state index contributed by atoms with van der Waals surface area (Å²) in [6.07, 6.45) is 0. The van der Waals surface area contributed by atoms with Gasteiger partial charge < -0.3 is 10.5 Å². The van der Waals surface area contributed by atoms with Crippen LogP contribution >= 0.6 is 11.6 Å². The van der Waals surface area contributed by atoms with Crippen LogP contribution in [0.1, 0.15) is 17.3 Å². The Kier molecular flexibility index (Phi) is 4.90. The number of hydrogen-bond donors (Lipinski definition) is 1. The number of hydrogen-bond acceptors (Lipinski definition) is 3. The first kappa shape index (κ1) is 13.4. The highest BCUT2D eigenvalue weighted by molar-refractivity contribution is 6.28. The van der Waals surface area contributed by atoms with Gasteiger partial charge in [0.2, 0.25) is 0 Å². The van der Waals surface area contributed by atoms with E-state index in [4.69, 9.17) is 22.1 Å². The number of rotatable bonds is 4. The molecular weight excluding hydrogens is 247 g/mol. The molecule has 0 amide bonds. The first-order valence-electron chi connectivity index (χ1n) is 4.93. The molecule has 0 saturated carbocycles. The summed E-state index contributed by atoms with van der Waals surface area (Å²) < 4.78 is 18.0. The molecule has 0 radical (unpaired) electrons. The fraction of sp³-hybridized carbons (Fsp3) is 0.273. The highest BCUT2D eigenvalue weighted by Crippen LogP contribution is 2.18. The van der Waals surface area contributed by atoms with Gasteiger partial charge in [-0.3, -0.25) is 0 Å². The molecule has 0 heterocycles. The Morgan fingerprint density at radius 1 is 1.53 bits per heavy atom. The number of carbonyl (C=O) groups excluding carboxylic acids is 1. The van der Waals surface area contributed by atoms with Crippen LogP contribution in [0.15, 0.2) is 23.2 Å². The van der Waals surface area contributed by atoms with Crippen LogP contribution in [0, 0.1) is 5.82 Å². The molecule has 1 aromatic carbocycles. The Labute approximate surface area is 103 Å². The van der Waals surface area contributed by atoms with E-state index in [9.17, 15) is 9.18 Å². The molecule has 0 fully saturated rings. The van der Waals surface area contributed by atoms with Gasteiger partial charge in [-0.15, -0.1) is 11.6 Å². The first-order chi connectivity index (χ1) is 8.06. The van der Waals surface area contributed by atoms with Crippen LogP contribution in [-0.2, 0) is 4.74 Å². The molecule has 4 nitrogen and oxygen atoms in total. The molecule has 2 N–H and O–H groups in total. The maximum absolute atomic E-state index is 13.2. The zero-order chi connectivity index (χ0) is 12.8. The molecule has 0 aliphatic rings. The number of ether oxygens (including phenoxy) is 1. The van der Waals surface area contributed by atoms with E-state index >= 15 is 0 Å². The smallest absolute Gasteiger partial charge is 0.338 e. The van der Waals surface area contributed by atoms with Gasteiger partial charge in [-0.05, 0) is 25.1 Å². The Morgan fingerprint density at radius 3 is 2.82 bits per heavy atom. The van der Waals surface area contributed by atoms with Crippen molar-refractivity contribution in [1.29, 1.82) is 0 Å². The van der Waals surface area contributed by atoms with E-state index in [0.29, 0.717) is 0 Å². The van der Waals surface area contributed by atoms with Crippen molar-refractivity contribution in [1.82, 2.24) is 0 Å². The molecule has 1 rings (SSSR count). The molecular formula is C11H12ClFN2O2. The van der Waals surface area contributed by atoms with Crippen molar-refractivity contribution < 1.29 is 13.9 Å². The number of aliphatic imine (C=N–C) groups is 1. The molecule has 0 unspecified atom stereocenters. The van der Waals surface area contributed by atoms with E-state index in [0.717, 1.165) is 12.1 Å². The van der Waals surface area contributed by atoms with Crippen LogP contribution in [0.25, 0.3) is 0 Å². The average molecular weight is 259 g/mol. The zero-order valence-electron chi connectivity index (χ0n) is 9.24. The SMILES string of the molecule is CCOC(=O)c1cc(F)cc(N=C(N)CCl)c1. The lowest BCUT2D eigenvalue weighted by molar-refractivity contribution is 0.0526. The summed E-state index contributed by atoms with van der Waals surface area (Å²) in [4.78, 5) is 15.3. The second kappa shape index (κ2) is 6.20. The van der Waals surface area contributed by atoms with Gasteiger partial charge in [0.05, 0.1) is 23.7 Å². The van der Waals surface area contributed by atoms with Crippen molar-refractivity contribution in [2.45, 2.75) is 6.92 Å². The van der Waals surface area contributed by atoms with E-state index in [1.54, 1.807) is 6.92 Å². The van der Waals surface area contributed by atoms with Gasteiger partial charge in [-0.25, -0.2) is 14.2 Å². The van der Waals surface area contributed by atoms with Gasteiger partial charge in [-0.1, -0.05) is 0 Å². The number of benzene rings is 1. The van der Waals surface area contributed by atoms with E-state index in [1.807, 2.05) is 0 Å². The largest absolute Gasteiger partial charge is 0.462 e. The fourth-order valence-electron chi connectivity index (χ4n) is 1.17. The lowest BCUT2D eigenvalue weighted by Gasteiger charge is -2.03. The summed E-state index contributed by atoms with van der Waals surface area (Å²) in [7, 11) is 0. The third-order valence-corrected chi connectivity index (χ3v) is 2.08. The minimum absolute atomic E-state index is 0.0330. The van der Waals surface area contributed by atoms with E-state index in [1.165, 1.54) is 6.07 Å². The average Bonchev–Trinajstić information content (AvgIpc) is 2.28. The molecule has 0 aliphatic carbocycles. The third-order valence-electron chi connectivity index (χ3n) is 1.80. The second-order valence-electron chi connectivity index (χ2n) is 3.16. The van der Waals surface area contributed by atoms with Gasteiger partial charge >= 0.3 is 5.97 Å². The number of nitrogens with zero attached hydrogens (tertiary/aromatic N) is 1. The molecule has 0 bridgehead atoms. The minimum Gasteiger partial charge on any atom is -0.462 e. The molecule has 92 valence electrons. The molecule has 6 heteroatoms. The van der Waals surface area contributed by atoms with Crippen molar-refractivity contribution >= 4 is 29.1 Å². The molecule has 1 aromatic rings. The summed E-state index contributed by atoms with van der Waals surface area (Å²) in [5.41, 5.74) is 5.74. The molecule has 0 atom stereocenters. The van der Waals surface area contributed by atoms with Gasteiger partial charge in [-0.2, -0.15) is 0 Å².